The van der Waals surface area contributed by atoms with Crippen molar-refractivity contribution in [3.8, 4) is 0 Å². The largest absolute Gasteiger partial charge is 0.393 e. The molecule has 0 saturated carbocycles. The van der Waals surface area contributed by atoms with Gasteiger partial charge in [-0.25, -0.2) is 13.1 Å². The predicted molar refractivity (Wildman–Crippen MR) is 83.5 cm³/mol. The molecule has 1 aromatic carbocycles. The van der Waals surface area contributed by atoms with Gasteiger partial charge in [0.1, 0.15) is 0 Å². The Labute approximate surface area is 133 Å². The molecule has 118 valence electrons. The zero-order valence-electron chi connectivity index (χ0n) is 11.7. The number of benzene rings is 1. The summed E-state index contributed by atoms with van der Waals surface area (Å²) in [6.07, 6.45) is 1.58. The minimum atomic E-state index is -3.55. The summed E-state index contributed by atoms with van der Waals surface area (Å²) in [5.41, 5.74) is 0. The highest BCUT2D eigenvalue weighted by Crippen LogP contribution is 2.22. The van der Waals surface area contributed by atoms with Crippen LogP contribution < -0.4 is 4.72 Å². The lowest BCUT2D eigenvalue weighted by Gasteiger charge is -2.26. The molecule has 21 heavy (non-hydrogen) atoms. The van der Waals surface area contributed by atoms with Gasteiger partial charge in [-0.2, -0.15) is 0 Å². The lowest BCUT2D eigenvalue weighted by molar-refractivity contribution is 0.00567. The summed E-state index contributed by atoms with van der Waals surface area (Å²) in [6, 6.07) is 6.67. The van der Waals surface area contributed by atoms with Crippen LogP contribution in [0, 0.1) is 5.92 Å². The summed E-state index contributed by atoms with van der Waals surface area (Å²) >= 11 is 3.23. The van der Waals surface area contributed by atoms with Crippen molar-refractivity contribution in [3.63, 3.8) is 0 Å². The van der Waals surface area contributed by atoms with Crippen molar-refractivity contribution in [3.05, 3.63) is 28.7 Å². The molecule has 0 radical (unpaired) electrons. The standard InChI is InChI=1S/C14H20BrNO4S/c15-12-3-1-2-4-14(12)21(18,19)16-8-5-13(17)11-6-9-20-10-7-11/h1-4,11,13,16-17H,5-10H2/t13-/m0/s1. The molecule has 0 aromatic heterocycles. The topological polar surface area (TPSA) is 75.6 Å². The van der Waals surface area contributed by atoms with Gasteiger partial charge < -0.3 is 9.84 Å². The number of hydrogen-bond acceptors (Lipinski definition) is 4. The second-order valence-corrected chi connectivity index (χ2v) is 7.72. The Kier molecular flexibility index (Phi) is 6.19. The molecule has 1 atom stereocenters. The molecule has 5 nitrogen and oxygen atoms in total. The second kappa shape index (κ2) is 7.69. The van der Waals surface area contributed by atoms with Gasteiger partial charge in [0.05, 0.1) is 11.0 Å². The van der Waals surface area contributed by atoms with Gasteiger partial charge >= 0.3 is 0 Å². The summed E-state index contributed by atoms with van der Waals surface area (Å²) in [4.78, 5) is 0.213. The molecule has 2 rings (SSSR count). The molecule has 0 aliphatic carbocycles. The fourth-order valence-electron chi connectivity index (χ4n) is 2.42. The first kappa shape index (κ1) is 16.9. The van der Waals surface area contributed by atoms with Crippen LogP contribution in [0.15, 0.2) is 33.6 Å². The van der Waals surface area contributed by atoms with E-state index in [2.05, 4.69) is 20.7 Å². The maximum Gasteiger partial charge on any atom is 0.241 e. The normalized spacial score (nSPS) is 18.6. The third kappa shape index (κ3) is 4.75. The number of ether oxygens (including phenoxy) is 1. The van der Waals surface area contributed by atoms with E-state index in [9.17, 15) is 13.5 Å². The van der Waals surface area contributed by atoms with Crippen molar-refractivity contribution in [2.24, 2.45) is 5.92 Å². The number of nitrogens with one attached hydrogen (secondary N) is 1. The van der Waals surface area contributed by atoms with Crippen LogP contribution in [-0.4, -0.2) is 39.4 Å². The number of rotatable bonds is 6. The van der Waals surface area contributed by atoms with Crippen LogP contribution in [0.4, 0.5) is 0 Å². The molecule has 1 aromatic rings. The zero-order chi connectivity index (χ0) is 15.3. The maximum atomic E-state index is 12.2. The summed E-state index contributed by atoms with van der Waals surface area (Å²) < 4.78 is 32.7. The van der Waals surface area contributed by atoms with Crippen LogP contribution in [0.25, 0.3) is 0 Å². The Morgan fingerprint density at radius 1 is 1.33 bits per heavy atom. The van der Waals surface area contributed by atoms with Gasteiger partial charge in [-0.3, -0.25) is 0 Å². The molecule has 1 aliphatic heterocycles. The Morgan fingerprint density at radius 3 is 2.67 bits per heavy atom. The highest BCUT2D eigenvalue weighted by atomic mass is 79.9. The smallest absolute Gasteiger partial charge is 0.241 e. The lowest BCUT2D eigenvalue weighted by Crippen LogP contribution is -2.32. The number of halogens is 1. The molecule has 1 heterocycles. The van der Waals surface area contributed by atoms with Crippen molar-refractivity contribution in [1.82, 2.24) is 4.72 Å². The highest BCUT2D eigenvalue weighted by Gasteiger charge is 2.23. The number of aliphatic hydroxyl groups excluding tert-OH is 1. The van der Waals surface area contributed by atoms with Gasteiger partial charge in [0.2, 0.25) is 10.0 Å². The summed E-state index contributed by atoms with van der Waals surface area (Å²) in [5, 5.41) is 10.1. The molecule has 1 saturated heterocycles. The first-order chi connectivity index (χ1) is 10.0. The maximum absolute atomic E-state index is 12.2. The molecule has 0 bridgehead atoms. The quantitative estimate of drug-likeness (QED) is 0.793. The van der Waals surface area contributed by atoms with Crippen molar-refractivity contribution in [2.45, 2.75) is 30.3 Å². The molecule has 7 heteroatoms. The van der Waals surface area contributed by atoms with E-state index in [1.165, 1.54) is 0 Å². The van der Waals surface area contributed by atoms with Crippen molar-refractivity contribution >= 4 is 26.0 Å². The molecular formula is C14H20BrNO4S. The van der Waals surface area contributed by atoms with Gasteiger partial charge in [0, 0.05) is 24.2 Å². The van der Waals surface area contributed by atoms with E-state index in [1.807, 2.05) is 0 Å². The van der Waals surface area contributed by atoms with Gasteiger partial charge in [0.25, 0.3) is 0 Å². The third-order valence-corrected chi connectivity index (χ3v) is 6.14. The average Bonchev–Trinajstić information content (AvgIpc) is 2.48. The van der Waals surface area contributed by atoms with Crippen LogP contribution in [0.5, 0.6) is 0 Å². The van der Waals surface area contributed by atoms with Gasteiger partial charge in [0.15, 0.2) is 0 Å². The minimum absolute atomic E-state index is 0.201. The van der Waals surface area contributed by atoms with E-state index in [0.717, 1.165) is 12.8 Å². The molecule has 1 aliphatic rings. The Bertz CT molecular complexity index is 558. The van der Waals surface area contributed by atoms with Gasteiger partial charge in [-0.1, -0.05) is 12.1 Å². The van der Waals surface area contributed by atoms with Crippen LogP contribution in [0.2, 0.25) is 0 Å². The first-order valence-electron chi connectivity index (χ1n) is 7.01. The van der Waals surface area contributed by atoms with E-state index in [1.54, 1.807) is 24.3 Å². The highest BCUT2D eigenvalue weighted by molar-refractivity contribution is 9.10. The Morgan fingerprint density at radius 2 is 2.00 bits per heavy atom. The van der Waals surface area contributed by atoms with Crippen molar-refractivity contribution < 1.29 is 18.3 Å². The van der Waals surface area contributed by atoms with Gasteiger partial charge in [-0.15, -0.1) is 0 Å². The number of hydrogen-bond donors (Lipinski definition) is 2. The lowest BCUT2D eigenvalue weighted by atomic mass is 9.92. The minimum Gasteiger partial charge on any atom is -0.393 e. The third-order valence-electron chi connectivity index (χ3n) is 3.67. The fraction of sp³-hybridized carbons (Fsp3) is 0.571. The van der Waals surface area contributed by atoms with Crippen LogP contribution in [-0.2, 0) is 14.8 Å². The number of aliphatic hydroxyl groups is 1. The zero-order valence-corrected chi connectivity index (χ0v) is 14.1. The number of sulfonamides is 1. The van der Waals surface area contributed by atoms with Crippen LogP contribution in [0.3, 0.4) is 0 Å². The second-order valence-electron chi connectivity index (χ2n) is 5.13. The first-order valence-corrected chi connectivity index (χ1v) is 9.28. The molecule has 0 spiro atoms. The molecule has 1 fully saturated rings. The summed E-state index contributed by atoms with van der Waals surface area (Å²) in [7, 11) is -3.55. The summed E-state index contributed by atoms with van der Waals surface area (Å²) in [5.74, 6) is 0.201. The van der Waals surface area contributed by atoms with E-state index >= 15 is 0 Å². The SMILES string of the molecule is O=S(=O)(NCC[C@H](O)C1CCOCC1)c1ccccc1Br. The van der Waals surface area contributed by atoms with E-state index in [4.69, 9.17) is 4.74 Å². The van der Waals surface area contributed by atoms with Crippen molar-refractivity contribution in [2.75, 3.05) is 19.8 Å². The molecule has 2 N–H and O–H groups in total. The fourth-order valence-corrected chi connectivity index (χ4v) is 4.47. The molecule has 0 amide bonds. The van der Waals surface area contributed by atoms with E-state index < -0.39 is 16.1 Å². The summed E-state index contributed by atoms with van der Waals surface area (Å²) in [6.45, 7) is 1.57. The van der Waals surface area contributed by atoms with Crippen molar-refractivity contribution in [1.29, 1.82) is 0 Å². The monoisotopic (exact) mass is 377 g/mol. The Hall–Kier alpha value is -0.470. The van der Waals surface area contributed by atoms with E-state index in [-0.39, 0.29) is 17.4 Å². The van der Waals surface area contributed by atoms with E-state index in [0.29, 0.717) is 24.1 Å². The molecular weight excluding hydrogens is 358 g/mol. The Balaban J connectivity index is 1.86. The predicted octanol–water partition coefficient (Wildman–Crippen LogP) is 1.90. The van der Waals surface area contributed by atoms with Crippen LogP contribution in [0.1, 0.15) is 19.3 Å². The molecule has 0 unspecified atom stereocenters. The van der Waals surface area contributed by atoms with Gasteiger partial charge in [-0.05, 0) is 53.2 Å². The average molecular weight is 378 g/mol. The van der Waals surface area contributed by atoms with Crippen LogP contribution >= 0.6 is 15.9 Å².